The van der Waals surface area contributed by atoms with Crippen LogP contribution in [0.3, 0.4) is 0 Å². The third-order valence-corrected chi connectivity index (χ3v) is 5.21. The van der Waals surface area contributed by atoms with Crippen LogP contribution in [0.25, 0.3) is 0 Å². The van der Waals surface area contributed by atoms with E-state index in [0.29, 0.717) is 0 Å². The Kier molecular flexibility index (Phi) is 5.99. The van der Waals surface area contributed by atoms with Crippen LogP contribution < -0.4 is 10.6 Å². The maximum atomic E-state index is 12.8. The third kappa shape index (κ3) is 4.59. The molecular weight excluding hydrogens is 340 g/mol. The van der Waals surface area contributed by atoms with Gasteiger partial charge in [-0.25, -0.2) is 0 Å². The van der Waals surface area contributed by atoms with Gasteiger partial charge in [0.1, 0.15) is 6.04 Å². The summed E-state index contributed by atoms with van der Waals surface area (Å²) in [4.78, 5) is 25.1. The Morgan fingerprint density at radius 1 is 1.00 bits per heavy atom. The van der Waals surface area contributed by atoms with E-state index in [1.54, 1.807) is 12.1 Å². The Morgan fingerprint density at radius 2 is 1.74 bits per heavy atom. The molecule has 27 heavy (non-hydrogen) atoms. The fraction of sp³-hybridized carbons (Fsp3) is 0.455. The maximum Gasteiger partial charge on any atom is 0.287 e. The van der Waals surface area contributed by atoms with Gasteiger partial charge >= 0.3 is 0 Å². The first-order valence-electron chi connectivity index (χ1n) is 9.72. The normalized spacial score (nSPS) is 15.7. The van der Waals surface area contributed by atoms with Gasteiger partial charge in [0.2, 0.25) is 5.91 Å². The van der Waals surface area contributed by atoms with Crippen LogP contribution in [0.1, 0.15) is 66.9 Å². The van der Waals surface area contributed by atoms with Crippen LogP contribution in [-0.4, -0.2) is 17.9 Å². The molecule has 0 spiro atoms. The van der Waals surface area contributed by atoms with Crippen molar-refractivity contribution in [2.75, 3.05) is 0 Å². The molecule has 2 amide bonds. The van der Waals surface area contributed by atoms with Gasteiger partial charge in [-0.15, -0.1) is 0 Å². The van der Waals surface area contributed by atoms with Crippen molar-refractivity contribution >= 4 is 11.8 Å². The minimum absolute atomic E-state index is 0.0420. The number of aryl methyl sites for hydroxylation is 2. The molecule has 2 atom stereocenters. The molecule has 5 heteroatoms. The Bertz CT molecular complexity index is 796. The van der Waals surface area contributed by atoms with Crippen LogP contribution in [0.4, 0.5) is 0 Å². The Labute approximate surface area is 160 Å². The predicted molar refractivity (Wildman–Crippen MR) is 104 cm³/mol. The van der Waals surface area contributed by atoms with Crippen molar-refractivity contribution in [1.29, 1.82) is 0 Å². The molecule has 0 fully saturated rings. The molecule has 1 aliphatic carbocycles. The highest BCUT2D eigenvalue weighted by Gasteiger charge is 2.27. The lowest BCUT2D eigenvalue weighted by atomic mass is 9.89. The quantitative estimate of drug-likeness (QED) is 0.815. The number of furan rings is 1. The molecule has 1 heterocycles. The van der Waals surface area contributed by atoms with Crippen molar-refractivity contribution in [1.82, 2.24) is 10.6 Å². The van der Waals surface area contributed by atoms with Crippen LogP contribution in [0, 0.1) is 5.92 Å². The molecule has 1 aliphatic rings. The van der Waals surface area contributed by atoms with Gasteiger partial charge in [0, 0.05) is 0 Å². The zero-order valence-electron chi connectivity index (χ0n) is 16.2. The second-order valence-electron chi connectivity index (χ2n) is 7.64. The fourth-order valence-electron chi connectivity index (χ4n) is 3.56. The molecule has 0 bridgehead atoms. The lowest BCUT2D eigenvalue weighted by Crippen LogP contribution is -2.50. The number of amides is 2. The first-order valence-corrected chi connectivity index (χ1v) is 9.72. The first kappa shape index (κ1) is 19.2. The molecule has 5 nitrogen and oxygen atoms in total. The second-order valence-corrected chi connectivity index (χ2v) is 7.64. The lowest BCUT2D eigenvalue weighted by molar-refractivity contribution is -0.124. The topological polar surface area (TPSA) is 71.3 Å². The summed E-state index contributed by atoms with van der Waals surface area (Å²) in [6.07, 6.45) is 6.18. The zero-order valence-corrected chi connectivity index (χ0v) is 16.2. The molecule has 0 aliphatic heterocycles. The maximum absolute atomic E-state index is 12.8. The van der Waals surface area contributed by atoms with Crippen LogP contribution in [0.15, 0.2) is 41.0 Å². The minimum atomic E-state index is -0.623. The van der Waals surface area contributed by atoms with Crippen LogP contribution in [0.5, 0.6) is 0 Å². The number of nitrogens with one attached hydrogen (secondary N) is 2. The van der Waals surface area contributed by atoms with Gasteiger partial charge in [-0.05, 0) is 67.3 Å². The summed E-state index contributed by atoms with van der Waals surface area (Å²) in [5, 5.41) is 5.83. The molecule has 3 rings (SSSR count). The number of fused-ring (bicyclic) bond motifs is 1. The molecule has 0 saturated heterocycles. The highest BCUT2D eigenvalue weighted by Crippen LogP contribution is 2.25. The Hall–Kier alpha value is -2.56. The Morgan fingerprint density at radius 3 is 2.41 bits per heavy atom. The fourth-order valence-corrected chi connectivity index (χ4v) is 3.56. The van der Waals surface area contributed by atoms with Crippen LogP contribution in [-0.2, 0) is 17.6 Å². The molecule has 1 aromatic carbocycles. The average molecular weight is 368 g/mol. The molecule has 1 aromatic heterocycles. The van der Waals surface area contributed by atoms with E-state index in [-0.39, 0.29) is 29.5 Å². The van der Waals surface area contributed by atoms with Crippen molar-refractivity contribution in [2.45, 2.75) is 58.5 Å². The van der Waals surface area contributed by atoms with Gasteiger partial charge in [0.05, 0.1) is 12.3 Å². The van der Waals surface area contributed by atoms with E-state index in [4.69, 9.17) is 4.42 Å². The molecular formula is C22H28N2O3. The van der Waals surface area contributed by atoms with E-state index in [1.807, 2.05) is 20.8 Å². The van der Waals surface area contributed by atoms with Crippen LogP contribution >= 0.6 is 0 Å². The molecule has 2 N–H and O–H groups in total. The highest BCUT2D eigenvalue weighted by atomic mass is 16.3. The molecule has 144 valence electrons. The van der Waals surface area contributed by atoms with Crippen molar-refractivity contribution in [2.24, 2.45) is 5.92 Å². The summed E-state index contributed by atoms with van der Waals surface area (Å²) in [6, 6.07) is 8.99. The van der Waals surface area contributed by atoms with Gasteiger partial charge in [-0.2, -0.15) is 0 Å². The number of rotatable bonds is 6. The number of benzene rings is 1. The summed E-state index contributed by atoms with van der Waals surface area (Å²) in [7, 11) is 0. The molecule has 0 saturated carbocycles. The predicted octanol–water partition coefficient (Wildman–Crippen LogP) is 3.79. The Balaban J connectivity index is 1.67. The second kappa shape index (κ2) is 8.42. The van der Waals surface area contributed by atoms with Crippen molar-refractivity contribution in [3.8, 4) is 0 Å². The van der Waals surface area contributed by atoms with E-state index in [0.717, 1.165) is 18.4 Å². The molecule has 2 aromatic rings. The number of hydrogen-bond donors (Lipinski definition) is 2. The van der Waals surface area contributed by atoms with Gasteiger partial charge in [-0.3, -0.25) is 9.59 Å². The largest absolute Gasteiger partial charge is 0.459 e. The smallest absolute Gasteiger partial charge is 0.287 e. The SMILES string of the molecule is CC(NC(=O)[C@@H](NC(=O)c1ccco1)C(C)C)c1ccc2c(c1)CCCC2. The lowest BCUT2D eigenvalue weighted by Gasteiger charge is -2.25. The number of carbonyl (C=O) groups excluding carboxylic acids is 2. The van der Waals surface area contributed by atoms with Gasteiger partial charge in [0.15, 0.2) is 5.76 Å². The van der Waals surface area contributed by atoms with Crippen LogP contribution in [0.2, 0.25) is 0 Å². The summed E-state index contributed by atoms with van der Waals surface area (Å²) in [5.41, 5.74) is 3.92. The molecule has 0 radical (unpaired) electrons. The van der Waals surface area contributed by atoms with E-state index in [1.165, 1.54) is 30.2 Å². The standard InChI is InChI=1S/C22H28N2O3/c1-14(2)20(24-21(25)19-9-6-12-27-19)22(26)23-15(3)17-11-10-16-7-4-5-8-18(16)13-17/h6,9-15,20H,4-5,7-8H2,1-3H3,(H,23,26)(H,24,25)/t15?,20-/m0/s1. The van der Waals surface area contributed by atoms with E-state index >= 15 is 0 Å². The van der Waals surface area contributed by atoms with E-state index in [9.17, 15) is 9.59 Å². The van der Waals surface area contributed by atoms with Gasteiger partial charge in [-0.1, -0.05) is 32.0 Å². The highest BCUT2D eigenvalue weighted by molar-refractivity contribution is 5.95. The van der Waals surface area contributed by atoms with Crippen molar-refractivity contribution in [3.63, 3.8) is 0 Å². The van der Waals surface area contributed by atoms with E-state index < -0.39 is 6.04 Å². The monoisotopic (exact) mass is 368 g/mol. The first-order chi connectivity index (χ1) is 13.0. The summed E-state index contributed by atoms with van der Waals surface area (Å²) < 4.78 is 5.12. The van der Waals surface area contributed by atoms with Crippen molar-refractivity contribution in [3.05, 3.63) is 59.0 Å². The van der Waals surface area contributed by atoms with Gasteiger partial charge in [0.25, 0.3) is 5.91 Å². The minimum Gasteiger partial charge on any atom is -0.459 e. The van der Waals surface area contributed by atoms with Gasteiger partial charge < -0.3 is 15.1 Å². The zero-order chi connectivity index (χ0) is 19.4. The summed E-state index contributed by atoms with van der Waals surface area (Å²) >= 11 is 0. The number of hydrogen-bond acceptors (Lipinski definition) is 3. The summed E-state index contributed by atoms with van der Waals surface area (Å²) in [5.74, 6) is -0.402. The number of carbonyl (C=O) groups is 2. The van der Waals surface area contributed by atoms with Crippen molar-refractivity contribution < 1.29 is 14.0 Å². The average Bonchev–Trinajstić information content (AvgIpc) is 3.20. The summed E-state index contributed by atoms with van der Waals surface area (Å²) in [6.45, 7) is 5.81. The van der Waals surface area contributed by atoms with E-state index in [2.05, 4.69) is 28.8 Å². The third-order valence-electron chi connectivity index (χ3n) is 5.21. The molecule has 1 unspecified atom stereocenters.